The van der Waals surface area contributed by atoms with E-state index in [2.05, 4.69) is 10.6 Å². The second kappa shape index (κ2) is 5.45. The molecule has 0 aromatic carbocycles. The summed E-state index contributed by atoms with van der Waals surface area (Å²) in [6, 6.07) is 1.04. The lowest BCUT2D eigenvalue weighted by atomic mass is 10.1. The molecule has 2 rings (SSSR count). The molecule has 2 saturated heterocycles. The number of hydrogen-bond acceptors (Lipinski definition) is 4. The van der Waals surface area contributed by atoms with Gasteiger partial charge in [0.05, 0.1) is 0 Å². The first-order valence-electron chi connectivity index (χ1n) is 6.89. The predicted octanol–water partition coefficient (Wildman–Crippen LogP) is 0.947. The van der Waals surface area contributed by atoms with Gasteiger partial charge in [-0.25, -0.2) is 4.79 Å². The van der Waals surface area contributed by atoms with Gasteiger partial charge in [0.25, 0.3) is 0 Å². The summed E-state index contributed by atoms with van der Waals surface area (Å²) < 4.78 is 5.31. The van der Waals surface area contributed by atoms with E-state index < -0.39 is 5.60 Å². The summed E-state index contributed by atoms with van der Waals surface area (Å²) in [5.74, 6) is 0. The molecule has 0 radical (unpaired) electrons. The van der Waals surface area contributed by atoms with Gasteiger partial charge < -0.3 is 20.3 Å². The van der Waals surface area contributed by atoms with E-state index in [1.165, 1.54) is 12.8 Å². The van der Waals surface area contributed by atoms with Crippen LogP contribution in [-0.2, 0) is 4.74 Å². The second-order valence-electron chi connectivity index (χ2n) is 6.28. The van der Waals surface area contributed by atoms with Crippen molar-refractivity contribution in [1.82, 2.24) is 15.5 Å². The molecule has 104 valence electrons. The highest BCUT2D eigenvalue weighted by Gasteiger charge is 2.33. The molecule has 0 bridgehead atoms. The summed E-state index contributed by atoms with van der Waals surface area (Å²) in [7, 11) is 0. The van der Waals surface area contributed by atoms with Gasteiger partial charge >= 0.3 is 6.09 Å². The molecule has 5 heteroatoms. The van der Waals surface area contributed by atoms with Gasteiger partial charge in [-0.2, -0.15) is 0 Å². The highest BCUT2D eigenvalue weighted by Crippen LogP contribution is 2.15. The molecular formula is C13H25N3O2. The number of nitrogens with one attached hydrogen (secondary N) is 2. The van der Waals surface area contributed by atoms with Crippen LogP contribution in [0.4, 0.5) is 4.79 Å². The maximum atomic E-state index is 11.7. The number of likely N-dealkylation sites (tertiary alicyclic amines) is 1. The lowest BCUT2D eigenvalue weighted by Gasteiger charge is -2.40. The van der Waals surface area contributed by atoms with Crippen LogP contribution in [0, 0.1) is 0 Å². The fourth-order valence-corrected chi connectivity index (χ4v) is 2.32. The Kier molecular flexibility index (Phi) is 4.12. The molecule has 1 amide bonds. The van der Waals surface area contributed by atoms with Crippen LogP contribution in [0.1, 0.15) is 33.6 Å². The van der Waals surface area contributed by atoms with Crippen LogP contribution < -0.4 is 10.6 Å². The van der Waals surface area contributed by atoms with E-state index in [1.54, 1.807) is 4.90 Å². The normalized spacial score (nSPS) is 25.1. The van der Waals surface area contributed by atoms with Crippen LogP contribution in [0.3, 0.4) is 0 Å². The molecule has 0 spiro atoms. The van der Waals surface area contributed by atoms with E-state index in [9.17, 15) is 4.79 Å². The smallest absolute Gasteiger partial charge is 0.410 e. The molecule has 0 saturated carbocycles. The van der Waals surface area contributed by atoms with Crippen molar-refractivity contribution >= 4 is 6.09 Å². The molecule has 18 heavy (non-hydrogen) atoms. The minimum Gasteiger partial charge on any atom is -0.444 e. The molecule has 0 aromatic heterocycles. The monoisotopic (exact) mass is 255 g/mol. The standard InChI is InChI=1S/C13H25N3O2/c1-13(2,3)18-12(17)16-8-11(9-16)15-7-10-5-4-6-14-10/h10-11,14-15H,4-9H2,1-3H3. The Bertz CT molecular complexity index is 289. The summed E-state index contributed by atoms with van der Waals surface area (Å²) >= 11 is 0. The summed E-state index contributed by atoms with van der Waals surface area (Å²) in [6.07, 6.45) is 2.34. The molecule has 2 fully saturated rings. The fourth-order valence-electron chi connectivity index (χ4n) is 2.32. The molecule has 2 heterocycles. The third kappa shape index (κ3) is 3.85. The molecule has 1 unspecified atom stereocenters. The van der Waals surface area contributed by atoms with Gasteiger partial charge in [0.2, 0.25) is 0 Å². The van der Waals surface area contributed by atoms with Crippen molar-refractivity contribution in [3.63, 3.8) is 0 Å². The van der Waals surface area contributed by atoms with Gasteiger partial charge in [-0.15, -0.1) is 0 Å². The molecule has 5 nitrogen and oxygen atoms in total. The minimum absolute atomic E-state index is 0.195. The molecule has 0 aromatic rings. The van der Waals surface area contributed by atoms with Gasteiger partial charge in [-0.05, 0) is 40.2 Å². The van der Waals surface area contributed by atoms with Gasteiger partial charge in [0, 0.05) is 31.7 Å². The highest BCUT2D eigenvalue weighted by atomic mass is 16.6. The number of nitrogens with zero attached hydrogens (tertiary/aromatic N) is 1. The topological polar surface area (TPSA) is 53.6 Å². The third-order valence-corrected chi connectivity index (χ3v) is 3.35. The van der Waals surface area contributed by atoms with Crippen LogP contribution in [0.25, 0.3) is 0 Å². The van der Waals surface area contributed by atoms with E-state index in [0.717, 1.165) is 26.2 Å². The molecule has 0 aliphatic carbocycles. The zero-order valence-electron chi connectivity index (χ0n) is 11.7. The predicted molar refractivity (Wildman–Crippen MR) is 70.6 cm³/mol. The Labute approximate surface area is 109 Å². The average molecular weight is 255 g/mol. The van der Waals surface area contributed by atoms with Gasteiger partial charge in [0.15, 0.2) is 0 Å². The van der Waals surface area contributed by atoms with Crippen molar-refractivity contribution in [2.75, 3.05) is 26.2 Å². The summed E-state index contributed by atoms with van der Waals surface area (Å²) in [6.45, 7) is 9.36. The summed E-state index contributed by atoms with van der Waals surface area (Å²) in [5.41, 5.74) is -0.399. The van der Waals surface area contributed by atoms with Crippen molar-refractivity contribution in [3.8, 4) is 0 Å². The molecule has 2 aliphatic rings. The van der Waals surface area contributed by atoms with Crippen LogP contribution in [0.15, 0.2) is 0 Å². The lowest BCUT2D eigenvalue weighted by Crippen LogP contribution is -2.61. The average Bonchev–Trinajstić information content (AvgIpc) is 2.64. The van der Waals surface area contributed by atoms with Gasteiger partial charge in [-0.3, -0.25) is 0 Å². The van der Waals surface area contributed by atoms with Crippen molar-refractivity contribution in [3.05, 3.63) is 0 Å². The van der Waals surface area contributed by atoms with Crippen molar-refractivity contribution in [2.45, 2.75) is 51.3 Å². The van der Waals surface area contributed by atoms with Gasteiger partial charge in [-0.1, -0.05) is 0 Å². The summed E-state index contributed by atoms with van der Waals surface area (Å²) in [5, 5.41) is 6.95. The Balaban J connectivity index is 1.60. The first-order valence-corrected chi connectivity index (χ1v) is 6.89. The third-order valence-electron chi connectivity index (χ3n) is 3.35. The first-order chi connectivity index (χ1) is 8.44. The van der Waals surface area contributed by atoms with Gasteiger partial charge in [0.1, 0.15) is 5.60 Å². The number of carbonyl (C=O) groups is 1. The van der Waals surface area contributed by atoms with E-state index in [1.807, 2.05) is 20.8 Å². The van der Waals surface area contributed by atoms with Crippen molar-refractivity contribution in [2.24, 2.45) is 0 Å². The number of rotatable bonds is 3. The van der Waals surface area contributed by atoms with E-state index in [-0.39, 0.29) is 6.09 Å². The molecule has 2 N–H and O–H groups in total. The van der Waals surface area contributed by atoms with E-state index in [0.29, 0.717) is 12.1 Å². The highest BCUT2D eigenvalue weighted by molar-refractivity contribution is 5.69. The minimum atomic E-state index is -0.399. The van der Waals surface area contributed by atoms with Crippen molar-refractivity contribution < 1.29 is 9.53 Å². The maximum Gasteiger partial charge on any atom is 0.410 e. The zero-order chi connectivity index (χ0) is 13.2. The second-order valence-corrected chi connectivity index (χ2v) is 6.28. The lowest BCUT2D eigenvalue weighted by molar-refractivity contribution is 0.00523. The van der Waals surface area contributed by atoms with Crippen LogP contribution in [0.5, 0.6) is 0 Å². The summed E-state index contributed by atoms with van der Waals surface area (Å²) in [4.78, 5) is 13.5. The molecule has 1 atom stereocenters. The van der Waals surface area contributed by atoms with Crippen molar-refractivity contribution in [1.29, 1.82) is 0 Å². The molecule has 2 aliphatic heterocycles. The van der Waals surface area contributed by atoms with Crippen LogP contribution in [0.2, 0.25) is 0 Å². The SMILES string of the molecule is CC(C)(C)OC(=O)N1CC(NCC2CCCN2)C1. The Morgan fingerprint density at radius 3 is 2.72 bits per heavy atom. The van der Waals surface area contributed by atoms with E-state index >= 15 is 0 Å². The number of hydrogen-bond donors (Lipinski definition) is 2. The van der Waals surface area contributed by atoms with E-state index in [4.69, 9.17) is 4.74 Å². The number of carbonyl (C=O) groups excluding carboxylic acids is 1. The Morgan fingerprint density at radius 1 is 1.44 bits per heavy atom. The first kappa shape index (κ1) is 13.6. The van der Waals surface area contributed by atoms with Crippen LogP contribution in [-0.4, -0.2) is 54.9 Å². The maximum absolute atomic E-state index is 11.7. The Morgan fingerprint density at radius 2 is 2.17 bits per heavy atom. The quantitative estimate of drug-likeness (QED) is 0.788. The molecular weight excluding hydrogens is 230 g/mol. The van der Waals surface area contributed by atoms with Crippen LogP contribution >= 0.6 is 0 Å². The zero-order valence-corrected chi connectivity index (χ0v) is 11.7. The Hall–Kier alpha value is -0.810. The number of ether oxygens (including phenoxy) is 1. The fraction of sp³-hybridized carbons (Fsp3) is 0.923. The largest absolute Gasteiger partial charge is 0.444 e. The number of amides is 1.